The van der Waals surface area contributed by atoms with Crippen molar-refractivity contribution in [2.45, 2.75) is 26.3 Å². The second-order valence-corrected chi connectivity index (χ2v) is 5.36. The highest BCUT2D eigenvalue weighted by Gasteiger charge is 2.24. The summed E-state index contributed by atoms with van der Waals surface area (Å²) in [5.41, 5.74) is 0.479. The van der Waals surface area contributed by atoms with E-state index in [2.05, 4.69) is 5.32 Å². The molecule has 0 aromatic heterocycles. The Morgan fingerprint density at radius 3 is 2.62 bits per heavy atom. The molecule has 112 valence electrons. The van der Waals surface area contributed by atoms with Crippen molar-refractivity contribution in [1.82, 2.24) is 5.32 Å². The van der Waals surface area contributed by atoms with Crippen LogP contribution in [0.25, 0.3) is 0 Å². The predicted octanol–water partition coefficient (Wildman–Crippen LogP) is 2.94. The highest BCUT2D eigenvalue weighted by Crippen LogP contribution is 2.34. The van der Waals surface area contributed by atoms with E-state index in [1.165, 1.54) is 6.08 Å². The normalized spacial score (nSPS) is 14.6. The van der Waals surface area contributed by atoms with Gasteiger partial charge in [0.2, 0.25) is 5.91 Å². The number of hydrogen-bond acceptors (Lipinski definition) is 3. The molecule has 4 nitrogen and oxygen atoms in total. The molecule has 0 spiro atoms. The Hall–Kier alpha value is -2.23. The van der Waals surface area contributed by atoms with Crippen LogP contribution in [0.3, 0.4) is 0 Å². The average molecular weight is 287 g/mol. The zero-order chi connectivity index (χ0) is 15.3. The van der Waals surface area contributed by atoms with Gasteiger partial charge in [-0.2, -0.15) is 0 Å². The maximum absolute atomic E-state index is 11.9. The van der Waals surface area contributed by atoms with Crippen molar-refractivity contribution in [3.8, 4) is 11.5 Å². The summed E-state index contributed by atoms with van der Waals surface area (Å²) in [6.07, 6.45) is 6.92. The Balaban J connectivity index is 2.13. The van der Waals surface area contributed by atoms with Crippen molar-refractivity contribution in [2.75, 3.05) is 13.2 Å². The van der Waals surface area contributed by atoms with Crippen molar-refractivity contribution < 1.29 is 14.3 Å². The van der Waals surface area contributed by atoms with Gasteiger partial charge in [0.05, 0.1) is 5.54 Å². The van der Waals surface area contributed by atoms with E-state index < -0.39 is 5.54 Å². The number of hydrogen-bond donors (Lipinski definition) is 1. The van der Waals surface area contributed by atoms with Gasteiger partial charge in [-0.25, -0.2) is 0 Å². The molecule has 4 heteroatoms. The van der Waals surface area contributed by atoms with Gasteiger partial charge in [-0.3, -0.25) is 4.79 Å². The Morgan fingerprint density at radius 2 is 1.90 bits per heavy atom. The summed E-state index contributed by atoms with van der Waals surface area (Å²) in [6.45, 7) is 6.94. The molecule has 1 N–H and O–H groups in total. The van der Waals surface area contributed by atoms with E-state index in [0.717, 1.165) is 17.1 Å². The minimum Gasteiger partial charge on any atom is -0.486 e. The van der Waals surface area contributed by atoms with Crippen molar-refractivity contribution in [3.63, 3.8) is 0 Å². The third-order valence-corrected chi connectivity index (χ3v) is 3.25. The Labute approximate surface area is 125 Å². The highest BCUT2D eigenvalue weighted by atomic mass is 16.6. The maximum atomic E-state index is 11.9. The van der Waals surface area contributed by atoms with Gasteiger partial charge in [-0.05, 0) is 38.5 Å². The molecule has 2 rings (SSSR count). The third-order valence-electron chi connectivity index (χ3n) is 3.25. The van der Waals surface area contributed by atoms with Crippen LogP contribution >= 0.6 is 0 Å². The van der Waals surface area contributed by atoms with Gasteiger partial charge in [0.1, 0.15) is 13.2 Å². The molecule has 0 radical (unpaired) electrons. The van der Waals surface area contributed by atoms with E-state index in [-0.39, 0.29) is 5.91 Å². The predicted molar refractivity (Wildman–Crippen MR) is 82.6 cm³/mol. The van der Waals surface area contributed by atoms with E-state index in [9.17, 15) is 4.79 Å². The van der Waals surface area contributed by atoms with E-state index in [1.54, 1.807) is 6.08 Å². The molecular formula is C17H21NO3. The lowest BCUT2D eigenvalue weighted by Crippen LogP contribution is -2.40. The van der Waals surface area contributed by atoms with Crippen molar-refractivity contribution in [2.24, 2.45) is 0 Å². The molecule has 0 aliphatic carbocycles. The van der Waals surface area contributed by atoms with Gasteiger partial charge in [0.25, 0.3) is 0 Å². The first-order chi connectivity index (χ1) is 10.0. The van der Waals surface area contributed by atoms with Crippen LogP contribution in [0.15, 0.2) is 42.5 Å². The summed E-state index contributed by atoms with van der Waals surface area (Å²) in [4.78, 5) is 11.9. The first kappa shape index (κ1) is 15.2. The van der Waals surface area contributed by atoms with Crippen molar-refractivity contribution in [3.05, 3.63) is 48.1 Å². The molecule has 0 saturated carbocycles. The zero-order valence-corrected chi connectivity index (χ0v) is 12.7. The second-order valence-electron chi connectivity index (χ2n) is 5.36. The molecule has 21 heavy (non-hydrogen) atoms. The smallest absolute Gasteiger partial charge is 0.244 e. The van der Waals surface area contributed by atoms with E-state index in [4.69, 9.17) is 9.47 Å². The van der Waals surface area contributed by atoms with Gasteiger partial charge in [-0.1, -0.05) is 24.3 Å². The van der Waals surface area contributed by atoms with Gasteiger partial charge < -0.3 is 14.8 Å². The third kappa shape index (κ3) is 3.88. The molecule has 0 atom stereocenters. The lowest BCUT2D eigenvalue weighted by Gasteiger charge is -2.28. The number of carbonyl (C=O) groups excluding carboxylic acids is 1. The molecule has 1 aliphatic rings. The highest BCUT2D eigenvalue weighted by molar-refractivity contribution is 5.88. The maximum Gasteiger partial charge on any atom is 0.244 e. The molecule has 1 aromatic rings. The number of rotatable bonds is 4. The van der Waals surface area contributed by atoms with Crippen LogP contribution in [0, 0.1) is 0 Å². The van der Waals surface area contributed by atoms with Crippen molar-refractivity contribution >= 4 is 5.91 Å². The average Bonchev–Trinajstić information content (AvgIpc) is 2.46. The Bertz CT molecular complexity index is 573. The molecule has 1 heterocycles. The fourth-order valence-electron chi connectivity index (χ4n) is 2.11. The van der Waals surface area contributed by atoms with Crippen molar-refractivity contribution in [1.29, 1.82) is 0 Å². The van der Waals surface area contributed by atoms with Crippen LogP contribution in [-0.2, 0) is 10.3 Å². The molecule has 0 bridgehead atoms. The first-order valence-corrected chi connectivity index (χ1v) is 7.04. The van der Waals surface area contributed by atoms with Gasteiger partial charge in [-0.15, -0.1) is 0 Å². The van der Waals surface area contributed by atoms with Crippen LogP contribution in [0.4, 0.5) is 0 Å². The SMILES string of the molecule is C/C=C/C=C/C(=O)NC(C)(C)c1ccc2c(c1)OCCO2. The molecule has 1 amide bonds. The summed E-state index contributed by atoms with van der Waals surface area (Å²) >= 11 is 0. The second kappa shape index (κ2) is 6.48. The van der Waals surface area contributed by atoms with E-state index >= 15 is 0 Å². The van der Waals surface area contributed by atoms with Crippen LogP contribution < -0.4 is 14.8 Å². The first-order valence-electron chi connectivity index (χ1n) is 7.04. The number of ether oxygens (including phenoxy) is 2. The fourth-order valence-corrected chi connectivity index (χ4v) is 2.11. The lowest BCUT2D eigenvalue weighted by atomic mass is 9.93. The molecular weight excluding hydrogens is 266 g/mol. The molecule has 0 unspecified atom stereocenters. The Morgan fingerprint density at radius 1 is 1.19 bits per heavy atom. The topological polar surface area (TPSA) is 47.6 Å². The largest absolute Gasteiger partial charge is 0.486 e. The monoisotopic (exact) mass is 287 g/mol. The molecule has 0 fully saturated rings. The minimum atomic E-state index is -0.493. The van der Waals surface area contributed by atoms with Gasteiger partial charge >= 0.3 is 0 Å². The van der Waals surface area contributed by atoms with Gasteiger partial charge in [0, 0.05) is 6.08 Å². The van der Waals surface area contributed by atoms with E-state index in [0.29, 0.717) is 13.2 Å². The summed E-state index contributed by atoms with van der Waals surface area (Å²) in [5, 5.41) is 2.98. The summed E-state index contributed by atoms with van der Waals surface area (Å²) in [7, 11) is 0. The number of nitrogens with one attached hydrogen (secondary N) is 1. The lowest BCUT2D eigenvalue weighted by molar-refractivity contribution is -0.118. The summed E-state index contributed by atoms with van der Waals surface area (Å²) < 4.78 is 11.1. The number of benzene rings is 1. The number of allylic oxidation sites excluding steroid dienone is 3. The number of amides is 1. The molecule has 0 saturated heterocycles. The minimum absolute atomic E-state index is 0.131. The number of carbonyl (C=O) groups is 1. The van der Waals surface area contributed by atoms with Crippen LogP contribution in [-0.4, -0.2) is 19.1 Å². The standard InChI is InChI=1S/C17H21NO3/c1-4-5-6-7-16(19)18-17(2,3)13-8-9-14-15(12-13)21-11-10-20-14/h4-9,12H,10-11H2,1-3H3,(H,18,19)/b5-4+,7-6+. The Kier molecular flexibility index (Phi) is 4.68. The zero-order valence-electron chi connectivity index (χ0n) is 12.7. The molecule has 1 aliphatic heterocycles. The summed E-state index contributed by atoms with van der Waals surface area (Å²) in [6, 6.07) is 5.75. The number of fused-ring (bicyclic) bond motifs is 1. The van der Waals surface area contributed by atoms with Crippen LogP contribution in [0.2, 0.25) is 0 Å². The quantitative estimate of drug-likeness (QED) is 0.684. The van der Waals surface area contributed by atoms with Gasteiger partial charge in [0.15, 0.2) is 11.5 Å². The molecule has 1 aromatic carbocycles. The van der Waals surface area contributed by atoms with Crippen LogP contribution in [0.5, 0.6) is 11.5 Å². The fraction of sp³-hybridized carbons (Fsp3) is 0.353. The van der Waals surface area contributed by atoms with E-state index in [1.807, 2.05) is 51.1 Å². The van der Waals surface area contributed by atoms with Crippen LogP contribution in [0.1, 0.15) is 26.3 Å². The summed E-state index contributed by atoms with van der Waals surface area (Å²) in [5.74, 6) is 1.35.